The van der Waals surface area contributed by atoms with Crippen molar-refractivity contribution >= 4 is 5.69 Å². The van der Waals surface area contributed by atoms with Crippen molar-refractivity contribution in [3.8, 4) is 0 Å². The minimum absolute atomic E-state index is 0.139. The second-order valence-corrected chi connectivity index (χ2v) is 6.26. The van der Waals surface area contributed by atoms with Gasteiger partial charge in [-0.05, 0) is 57.6 Å². The van der Waals surface area contributed by atoms with Crippen LogP contribution in [0, 0.1) is 5.82 Å². The molecule has 1 heterocycles. The third-order valence-corrected chi connectivity index (χ3v) is 4.42. The Kier molecular flexibility index (Phi) is 5.59. The Balaban J connectivity index is 2.12. The zero-order valence-corrected chi connectivity index (χ0v) is 13.7. The van der Waals surface area contributed by atoms with E-state index in [1.165, 1.54) is 0 Å². The van der Waals surface area contributed by atoms with Gasteiger partial charge < -0.3 is 10.2 Å². The molecule has 1 saturated heterocycles. The lowest BCUT2D eigenvalue weighted by Gasteiger charge is -2.43. The predicted octanol–water partition coefficient (Wildman–Crippen LogP) is 2.85. The van der Waals surface area contributed by atoms with Crippen LogP contribution in [0.4, 0.5) is 10.1 Å². The summed E-state index contributed by atoms with van der Waals surface area (Å²) >= 11 is 0. The molecule has 0 aliphatic carbocycles. The summed E-state index contributed by atoms with van der Waals surface area (Å²) in [7, 11) is 2.17. The van der Waals surface area contributed by atoms with E-state index in [0.717, 1.165) is 43.9 Å². The summed E-state index contributed by atoms with van der Waals surface area (Å²) in [6, 6.07) is 6.39. The highest BCUT2D eigenvalue weighted by Crippen LogP contribution is 2.23. The Bertz CT molecular complexity index is 451. The van der Waals surface area contributed by atoms with E-state index >= 15 is 0 Å². The Hall–Kier alpha value is -1.13. The number of hydrogen-bond donors (Lipinski definition) is 1. The predicted molar refractivity (Wildman–Crippen MR) is 87.3 cm³/mol. The molecule has 0 radical (unpaired) electrons. The normalized spacial score (nSPS) is 23.6. The summed E-state index contributed by atoms with van der Waals surface area (Å²) in [5.74, 6) is -0.139. The molecule has 2 unspecified atom stereocenters. The molecular formula is C17H28FN3. The number of benzene rings is 1. The van der Waals surface area contributed by atoms with Crippen molar-refractivity contribution in [1.29, 1.82) is 0 Å². The fraction of sp³-hybridized carbons (Fsp3) is 0.647. The zero-order chi connectivity index (χ0) is 15.4. The lowest BCUT2D eigenvalue weighted by atomic mass is 10.1. The number of halogens is 1. The van der Waals surface area contributed by atoms with Crippen molar-refractivity contribution in [2.24, 2.45) is 0 Å². The first kappa shape index (κ1) is 16.2. The maximum atomic E-state index is 13.9. The minimum atomic E-state index is -0.139. The smallest absolute Gasteiger partial charge is 0.125 e. The van der Waals surface area contributed by atoms with E-state index in [4.69, 9.17) is 0 Å². The van der Waals surface area contributed by atoms with Gasteiger partial charge in [0.15, 0.2) is 0 Å². The highest BCUT2D eigenvalue weighted by molar-refractivity contribution is 5.50. The standard InChI is InChI=1S/C17H28FN3/c1-5-6-19-10-15-7-16(18)9-17(8-15)21-11-13(2)20(4)14(3)12-21/h7-9,13-14,19H,5-6,10-12H2,1-4H3. The number of likely N-dealkylation sites (N-methyl/N-ethyl adjacent to an activating group) is 1. The molecule has 118 valence electrons. The van der Waals surface area contributed by atoms with E-state index in [-0.39, 0.29) is 5.82 Å². The molecule has 1 aliphatic heterocycles. The molecule has 3 nitrogen and oxygen atoms in total. The highest BCUT2D eigenvalue weighted by atomic mass is 19.1. The number of nitrogens with one attached hydrogen (secondary N) is 1. The molecule has 2 rings (SSSR count). The van der Waals surface area contributed by atoms with Gasteiger partial charge in [0.25, 0.3) is 0 Å². The van der Waals surface area contributed by atoms with Gasteiger partial charge in [-0.3, -0.25) is 4.90 Å². The lowest BCUT2D eigenvalue weighted by molar-refractivity contribution is 0.170. The maximum Gasteiger partial charge on any atom is 0.125 e. The van der Waals surface area contributed by atoms with E-state index in [0.29, 0.717) is 12.1 Å². The number of piperazine rings is 1. The lowest BCUT2D eigenvalue weighted by Crippen LogP contribution is -2.55. The second kappa shape index (κ2) is 7.23. The van der Waals surface area contributed by atoms with Crippen molar-refractivity contribution in [3.05, 3.63) is 29.6 Å². The summed E-state index contributed by atoms with van der Waals surface area (Å²) in [5, 5.41) is 3.34. The van der Waals surface area contributed by atoms with Gasteiger partial charge in [0.2, 0.25) is 0 Å². The largest absolute Gasteiger partial charge is 0.368 e. The number of rotatable bonds is 5. The first-order valence-electron chi connectivity index (χ1n) is 7.98. The van der Waals surface area contributed by atoms with E-state index in [1.807, 2.05) is 0 Å². The van der Waals surface area contributed by atoms with Crippen LogP contribution in [0.1, 0.15) is 32.8 Å². The molecule has 1 aliphatic rings. The molecule has 1 aromatic rings. The molecule has 1 N–H and O–H groups in total. The van der Waals surface area contributed by atoms with Crippen LogP contribution < -0.4 is 10.2 Å². The molecule has 0 spiro atoms. The SMILES string of the molecule is CCCNCc1cc(F)cc(N2CC(C)N(C)C(C)C2)c1. The summed E-state index contributed by atoms with van der Waals surface area (Å²) in [4.78, 5) is 4.70. The van der Waals surface area contributed by atoms with Crippen LogP contribution in [-0.2, 0) is 6.54 Å². The van der Waals surface area contributed by atoms with Crippen LogP contribution in [0.2, 0.25) is 0 Å². The number of anilines is 1. The molecule has 0 saturated carbocycles. The van der Waals surface area contributed by atoms with Crippen LogP contribution in [-0.4, -0.2) is 43.7 Å². The Morgan fingerprint density at radius 3 is 2.48 bits per heavy atom. The van der Waals surface area contributed by atoms with E-state index in [9.17, 15) is 4.39 Å². The minimum Gasteiger partial charge on any atom is -0.368 e. The molecule has 21 heavy (non-hydrogen) atoms. The van der Waals surface area contributed by atoms with Crippen molar-refractivity contribution in [2.75, 3.05) is 31.6 Å². The summed E-state index contributed by atoms with van der Waals surface area (Å²) in [6.07, 6.45) is 1.09. The summed E-state index contributed by atoms with van der Waals surface area (Å²) in [6.45, 7) is 10.2. The number of nitrogens with zero attached hydrogens (tertiary/aromatic N) is 2. The quantitative estimate of drug-likeness (QED) is 0.842. The van der Waals surface area contributed by atoms with Crippen molar-refractivity contribution in [1.82, 2.24) is 10.2 Å². The average Bonchev–Trinajstić information content (AvgIpc) is 2.44. The van der Waals surface area contributed by atoms with Crippen LogP contribution in [0.25, 0.3) is 0 Å². The molecule has 0 aromatic heterocycles. The molecule has 1 aromatic carbocycles. The van der Waals surface area contributed by atoms with E-state index in [1.54, 1.807) is 12.1 Å². The molecule has 4 heteroatoms. The zero-order valence-electron chi connectivity index (χ0n) is 13.7. The average molecular weight is 293 g/mol. The maximum absolute atomic E-state index is 13.9. The summed E-state index contributed by atoms with van der Waals surface area (Å²) < 4.78 is 13.9. The van der Waals surface area contributed by atoms with E-state index < -0.39 is 0 Å². The Morgan fingerprint density at radius 1 is 1.19 bits per heavy atom. The molecular weight excluding hydrogens is 265 g/mol. The highest BCUT2D eigenvalue weighted by Gasteiger charge is 2.26. The first-order valence-corrected chi connectivity index (χ1v) is 7.98. The third kappa shape index (κ3) is 4.17. The van der Waals surface area contributed by atoms with Gasteiger partial charge in [-0.15, -0.1) is 0 Å². The van der Waals surface area contributed by atoms with Gasteiger partial charge in [-0.2, -0.15) is 0 Å². The van der Waals surface area contributed by atoms with Gasteiger partial charge in [0.05, 0.1) is 0 Å². The Labute approximate surface area is 128 Å². The van der Waals surface area contributed by atoms with Crippen molar-refractivity contribution in [2.45, 2.75) is 45.8 Å². The second-order valence-electron chi connectivity index (χ2n) is 6.26. The first-order chi connectivity index (χ1) is 10.0. The van der Waals surface area contributed by atoms with Crippen LogP contribution in [0.5, 0.6) is 0 Å². The fourth-order valence-electron chi connectivity index (χ4n) is 2.94. The monoisotopic (exact) mass is 293 g/mol. The van der Waals surface area contributed by atoms with Gasteiger partial charge in [0, 0.05) is 37.4 Å². The van der Waals surface area contributed by atoms with Gasteiger partial charge in [-0.1, -0.05) is 6.92 Å². The third-order valence-electron chi connectivity index (χ3n) is 4.42. The van der Waals surface area contributed by atoms with E-state index in [2.05, 4.69) is 49.0 Å². The molecule has 0 bridgehead atoms. The molecule has 0 amide bonds. The van der Waals surface area contributed by atoms with Gasteiger partial charge >= 0.3 is 0 Å². The van der Waals surface area contributed by atoms with Gasteiger partial charge in [-0.25, -0.2) is 4.39 Å². The number of hydrogen-bond acceptors (Lipinski definition) is 3. The molecule has 2 atom stereocenters. The fourth-order valence-corrected chi connectivity index (χ4v) is 2.94. The molecule has 1 fully saturated rings. The van der Waals surface area contributed by atoms with Gasteiger partial charge in [0.1, 0.15) is 5.82 Å². The van der Waals surface area contributed by atoms with Crippen LogP contribution >= 0.6 is 0 Å². The van der Waals surface area contributed by atoms with Crippen LogP contribution in [0.15, 0.2) is 18.2 Å². The topological polar surface area (TPSA) is 18.5 Å². The van der Waals surface area contributed by atoms with Crippen LogP contribution in [0.3, 0.4) is 0 Å². The van der Waals surface area contributed by atoms with Crippen molar-refractivity contribution < 1.29 is 4.39 Å². The van der Waals surface area contributed by atoms with Crippen molar-refractivity contribution in [3.63, 3.8) is 0 Å². The Morgan fingerprint density at radius 2 is 1.86 bits per heavy atom. The summed E-state index contributed by atoms with van der Waals surface area (Å²) in [5.41, 5.74) is 2.03.